The van der Waals surface area contributed by atoms with Gasteiger partial charge in [0, 0.05) is 6.04 Å². The molecule has 1 atom stereocenters. The second kappa shape index (κ2) is 4.90. The molecule has 0 saturated heterocycles. The van der Waals surface area contributed by atoms with Gasteiger partial charge in [0.1, 0.15) is 10.8 Å². The average Bonchev–Trinajstić information content (AvgIpc) is 2.46. The van der Waals surface area contributed by atoms with Crippen LogP contribution in [0.25, 0.3) is 0 Å². The van der Waals surface area contributed by atoms with Crippen LogP contribution in [-0.2, 0) is 0 Å². The molecule has 1 unspecified atom stereocenters. The van der Waals surface area contributed by atoms with E-state index in [0.717, 1.165) is 0 Å². The fraction of sp³-hybridized carbons (Fsp3) is 0.500. The summed E-state index contributed by atoms with van der Waals surface area (Å²) in [4.78, 5) is 14.4. The van der Waals surface area contributed by atoms with Gasteiger partial charge in [-0.05, 0) is 18.9 Å². The van der Waals surface area contributed by atoms with Crippen molar-refractivity contribution in [2.45, 2.75) is 26.8 Å². The summed E-state index contributed by atoms with van der Waals surface area (Å²) in [6.45, 7) is 6.04. The first-order valence-corrected chi connectivity index (χ1v) is 5.52. The Balaban J connectivity index is 2.69. The highest BCUT2D eigenvalue weighted by molar-refractivity contribution is 6.41. The Morgan fingerprint density at radius 1 is 1.40 bits per heavy atom. The Labute approximate surface area is 99.1 Å². The molecule has 0 aliphatic heterocycles. The minimum Gasteiger partial charge on any atom is -0.348 e. The van der Waals surface area contributed by atoms with Crippen LogP contribution in [0, 0.1) is 5.92 Å². The van der Waals surface area contributed by atoms with Crippen molar-refractivity contribution in [3.63, 3.8) is 0 Å². The fourth-order valence-corrected chi connectivity index (χ4v) is 1.29. The molecule has 3 nitrogen and oxygen atoms in total. The molecule has 2 N–H and O–H groups in total. The molecule has 0 fully saturated rings. The molecule has 0 aliphatic carbocycles. The van der Waals surface area contributed by atoms with E-state index in [-0.39, 0.29) is 11.9 Å². The smallest absolute Gasteiger partial charge is 0.268 e. The Hall–Kier alpha value is -0.670. The molecule has 0 aliphatic rings. The van der Waals surface area contributed by atoms with Gasteiger partial charge in [-0.3, -0.25) is 4.79 Å². The van der Waals surface area contributed by atoms with Gasteiger partial charge in [-0.2, -0.15) is 0 Å². The number of H-pyrrole nitrogens is 1. The SMILES string of the molecule is CC(C)C(C)NC(=O)c1cc(Cl)c(Cl)[nH]1. The molecule has 0 aromatic carbocycles. The van der Waals surface area contributed by atoms with Crippen molar-refractivity contribution in [2.24, 2.45) is 5.92 Å². The Bertz CT molecular complexity index is 341. The molecule has 0 spiro atoms. The third-order valence-corrected chi connectivity index (χ3v) is 3.02. The van der Waals surface area contributed by atoms with E-state index in [9.17, 15) is 4.79 Å². The number of aromatic nitrogens is 1. The number of hydrogen-bond donors (Lipinski definition) is 2. The molecule has 15 heavy (non-hydrogen) atoms. The molecule has 1 aromatic rings. The highest BCUT2D eigenvalue weighted by atomic mass is 35.5. The molecule has 1 amide bonds. The lowest BCUT2D eigenvalue weighted by atomic mass is 10.1. The molecule has 0 saturated carbocycles. The molecule has 1 heterocycles. The van der Waals surface area contributed by atoms with Crippen LogP contribution in [0.1, 0.15) is 31.3 Å². The molecule has 1 rings (SSSR count). The van der Waals surface area contributed by atoms with Crippen LogP contribution in [-0.4, -0.2) is 16.9 Å². The summed E-state index contributed by atoms with van der Waals surface area (Å²) < 4.78 is 0. The quantitative estimate of drug-likeness (QED) is 0.849. The van der Waals surface area contributed by atoms with Gasteiger partial charge < -0.3 is 10.3 Å². The summed E-state index contributed by atoms with van der Waals surface area (Å²) in [5.41, 5.74) is 0.387. The van der Waals surface area contributed by atoms with E-state index >= 15 is 0 Å². The lowest BCUT2D eigenvalue weighted by Gasteiger charge is -2.16. The zero-order valence-electron chi connectivity index (χ0n) is 8.90. The van der Waals surface area contributed by atoms with Crippen LogP contribution in [0.4, 0.5) is 0 Å². The summed E-state index contributed by atoms with van der Waals surface area (Å²) in [5.74, 6) is 0.194. The van der Waals surface area contributed by atoms with Crippen molar-refractivity contribution in [3.05, 3.63) is 21.9 Å². The number of aromatic amines is 1. The Morgan fingerprint density at radius 3 is 2.40 bits per heavy atom. The second-order valence-electron chi connectivity index (χ2n) is 3.85. The van der Waals surface area contributed by atoms with Crippen LogP contribution < -0.4 is 5.32 Å². The lowest BCUT2D eigenvalue weighted by Crippen LogP contribution is -2.36. The maximum atomic E-state index is 11.7. The first kappa shape index (κ1) is 12.4. The number of rotatable bonds is 3. The standard InChI is InChI=1S/C10H14Cl2N2O/c1-5(2)6(3)13-10(15)8-4-7(11)9(12)14-8/h4-6,14H,1-3H3,(H,13,15). The van der Waals surface area contributed by atoms with E-state index < -0.39 is 0 Å². The molecular formula is C10H14Cl2N2O. The summed E-state index contributed by atoms with van der Waals surface area (Å²) in [6, 6.07) is 1.63. The molecule has 0 bridgehead atoms. The highest BCUT2D eigenvalue weighted by Crippen LogP contribution is 2.21. The van der Waals surface area contributed by atoms with Gasteiger partial charge in [-0.25, -0.2) is 0 Å². The van der Waals surface area contributed by atoms with Crippen LogP contribution in [0.2, 0.25) is 10.2 Å². The van der Waals surface area contributed by atoms with E-state index in [1.54, 1.807) is 0 Å². The zero-order valence-corrected chi connectivity index (χ0v) is 10.4. The highest BCUT2D eigenvalue weighted by Gasteiger charge is 2.15. The number of amides is 1. The van der Waals surface area contributed by atoms with Crippen molar-refractivity contribution in [2.75, 3.05) is 0 Å². The fourth-order valence-electron chi connectivity index (χ4n) is 0.978. The summed E-state index contributed by atoms with van der Waals surface area (Å²) in [6.07, 6.45) is 0. The predicted octanol–water partition coefficient (Wildman–Crippen LogP) is 3.10. The predicted molar refractivity (Wildman–Crippen MR) is 62.6 cm³/mol. The zero-order chi connectivity index (χ0) is 11.6. The molecule has 1 aromatic heterocycles. The van der Waals surface area contributed by atoms with Gasteiger partial charge >= 0.3 is 0 Å². The van der Waals surface area contributed by atoms with Crippen molar-refractivity contribution >= 4 is 29.1 Å². The summed E-state index contributed by atoms with van der Waals surface area (Å²) in [5, 5.41) is 3.50. The maximum absolute atomic E-state index is 11.7. The largest absolute Gasteiger partial charge is 0.348 e. The third kappa shape index (κ3) is 3.14. The van der Waals surface area contributed by atoms with Gasteiger partial charge in [-0.15, -0.1) is 0 Å². The normalized spacial score (nSPS) is 12.9. The van der Waals surface area contributed by atoms with Crippen LogP contribution in [0.5, 0.6) is 0 Å². The number of carbonyl (C=O) groups is 1. The summed E-state index contributed by atoms with van der Waals surface area (Å²) in [7, 11) is 0. The Kier molecular flexibility index (Phi) is 4.05. The van der Waals surface area contributed by atoms with Gasteiger partial charge in [-0.1, -0.05) is 37.0 Å². The summed E-state index contributed by atoms with van der Waals surface area (Å²) >= 11 is 11.4. The Morgan fingerprint density at radius 2 is 2.00 bits per heavy atom. The first-order chi connectivity index (χ1) is 6.91. The van der Waals surface area contributed by atoms with Crippen molar-refractivity contribution < 1.29 is 4.79 Å². The van der Waals surface area contributed by atoms with Crippen LogP contribution in [0.15, 0.2) is 6.07 Å². The molecular weight excluding hydrogens is 235 g/mol. The van der Waals surface area contributed by atoms with Crippen molar-refractivity contribution in [1.29, 1.82) is 0 Å². The minimum atomic E-state index is -0.190. The van der Waals surface area contributed by atoms with Crippen molar-refractivity contribution in [1.82, 2.24) is 10.3 Å². The number of halogens is 2. The van der Waals surface area contributed by atoms with E-state index in [0.29, 0.717) is 21.8 Å². The minimum absolute atomic E-state index is 0.110. The van der Waals surface area contributed by atoms with Crippen molar-refractivity contribution in [3.8, 4) is 0 Å². The second-order valence-corrected chi connectivity index (χ2v) is 4.64. The van der Waals surface area contributed by atoms with Crippen LogP contribution in [0.3, 0.4) is 0 Å². The third-order valence-electron chi connectivity index (χ3n) is 2.33. The van der Waals surface area contributed by atoms with E-state index in [4.69, 9.17) is 23.2 Å². The number of carbonyl (C=O) groups excluding carboxylic acids is 1. The first-order valence-electron chi connectivity index (χ1n) is 4.76. The van der Waals surface area contributed by atoms with Gasteiger partial charge in [0.05, 0.1) is 5.02 Å². The molecule has 84 valence electrons. The number of hydrogen-bond acceptors (Lipinski definition) is 1. The van der Waals surface area contributed by atoms with E-state index in [1.807, 2.05) is 20.8 Å². The van der Waals surface area contributed by atoms with E-state index in [2.05, 4.69) is 10.3 Å². The van der Waals surface area contributed by atoms with Gasteiger partial charge in [0.25, 0.3) is 5.91 Å². The number of nitrogens with one attached hydrogen (secondary N) is 2. The van der Waals surface area contributed by atoms with Gasteiger partial charge in [0.15, 0.2) is 0 Å². The van der Waals surface area contributed by atoms with Gasteiger partial charge in [0.2, 0.25) is 0 Å². The van der Waals surface area contributed by atoms with Crippen LogP contribution >= 0.6 is 23.2 Å². The molecule has 0 radical (unpaired) electrons. The topological polar surface area (TPSA) is 44.9 Å². The average molecular weight is 249 g/mol. The molecule has 5 heteroatoms. The maximum Gasteiger partial charge on any atom is 0.268 e. The lowest BCUT2D eigenvalue weighted by molar-refractivity contribution is 0.0926. The van der Waals surface area contributed by atoms with E-state index in [1.165, 1.54) is 6.07 Å². The monoisotopic (exact) mass is 248 g/mol.